The zero-order valence-electron chi connectivity index (χ0n) is 15.2. The predicted molar refractivity (Wildman–Crippen MR) is 98.8 cm³/mol. The van der Waals surface area contributed by atoms with Crippen molar-refractivity contribution in [1.82, 2.24) is 9.38 Å². The van der Waals surface area contributed by atoms with Crippen molar-refractivity contribution in [2.24, 2.45) is 0 Å². The topological polar surface area (TPSA) is 64.9 Å². The van der Waals surface area contributed by atoms with Crippen LogP contribution in [-0.4, -0.2) is 35.6 Å². The van der Waals surface area contributed by atoms with E-state index in [9.17, 15) is 13.6 Å². The second kappa shape index (κ2) is 7.55. The lowest BCUT2D eigenvalue weighted by Gasteiger charge is -2.19. The summed E-state index contributed by atoms with van der Waals surface area (Å²) in [6.45, 7) is 1.41. The van der Waals surface area contributed by atoms with Crippen molar-refractivity contribution in [3.05, 3.63) is 59.6 Å². The first-order valence-corrected chi connectivity index (χ1v) is 8.96. The number of fused-ring (bicyclic) bond motifs is 1. The number of carbonyl (C=O) groups is 1. The molecule has 1 amide bonds. The van der Waals surface area contributed by atoms with Gasteiger partial charge >= 0.3 is 0 Å². The van der Waals surface area contributed by atoms with Crippen LogP contribution in [-0.2, 0) is 4.74 Å². The van der Waals surface area contributed by atoms with Crippen molar-refractivity contribution < 1.29 is 23.0 Å². The maximum atomic E-state index is 13.9. The first-order valence-electron chi connectivity index (χ1n) is 8.96. The number of imidazole rings is 1. The van der Waals surface area contributed by atoms with Crippen LogP contribution in [0.3, 0.4) is 0 Å². The number of rotatable bonds is 4. The molecule has 2 aromatic heterocycles. The molecule has 1 aliphatic rings. The molecule has 4 rings (SSSR count). The summed E-state index contributed by atoms with van der Waals surface area (Å²) >= 11 is 0. The average Bonchev–Trinajstić information content (AvgIpc) is 3.14. The number of aromatic nitrogens is 2. The maximum absolute atomic E-state index is 13.9. The fraction of sp³-hybridized carbons (Fsp3) is 0.300. The van der Waals surface area contributed by atoms with Crippen LogP contribution < -0.4 is 10.1 Å². The van der Waals surface area contributed by atoms with Crippen LogP contribution in [0.2, 0.25) is 0 Å². The van der Waals surface area contributed by atoms with Crippen LogP contribution in [0.1, 0.15) is 34.8 Å². The van der Waals surface area contributed by atoms with Crippen molar-refractivity contribution in [2.45, 2.75) is 18.8 Å². The second-order valence-corrected chi connectivity index (χ2v) is 6.63. The van der Waals surface area contributed by atoms with Crippen LogP contribution in [0, 0.1) is 11.6 Å². The summed E-state index contributed by atoms with van der Waals surface area (Å²) in [5, 5.41) is 2.39. The molecule has 0 bridgehead atoms. The SMILES string of the molecule is COc1cc2nc(C3CCOCC3)cn2cc1C(=O)Nc1cccc(F)c1F. The molecule has 0 atom stereocenters. The Bertz CT molecular complexity index is 1030. The van der Waals surface area contributed by atoms with E-state index >= 15 is 0 Å². The molecule has 1 aliphatic heterocycles. The predicted octanol–water partition coefficient (Wildman–Crippen LogP) is 3.77. The Morgan fingerprint density at radius 1 is 1.29 bits per heavy atom. The van der Waals surface area contributed by atoms with E-state index in [0.29, 0.717) is 30.5 Å². The lowest BCUT2D eigenvalue weighted by atomic mass is 9.97. The van der Waals surface area contributed by atoms with Crippen molar-refractivity contribution >= 4 is 17.2 Å². The summed E-state index contributed by atoms with van der Waals surface area (Å²) < 4.78 is 39.7. The molecule has 0 spiro atoms. The molecule has 1 saturated heterocycles. The molecule has 28 heavy (non-hydrogen) atoms. The molecule has 1 fully saturated rings. The number of methoxy groups -OCH3 is 1. The fourth-order valence-corrected chi connectivity index (χ4v) is 3.35. The van der Waals surface area contributed by atoms with Crippen LogP contribution >= 0.6 is 0 Å². The third-order valence-corrected chi connectivity index (χ3v) is 4.88. The quantitative estimate of drug-likeness (QED) is 0.740. The van der Waals surface area contributed by atoms with Crippen molar-refractivity contribution in [3.63, 3.8) is 0 Å². The standard InChI is InChI=1S/C20H19F2N3O3/c1-27-17-9-18-23-16(12-5-7-28-8-6-12)11-25(18)10-13(17)20(26)24-15-4-2-3-14(21)19(15)22/h2-4,9-12H,5-8H2,1H3,(H,24,26). The zero-order valence-corrected chi connectivity index (χ0v) is 15.2. The molecule has 0 aliphatic carbocycles. The van der Waals surface area contributed by atoms with Gasteiger partial charge in [-0.1, -0.05) is 6.07 Å². The highest BCUT2D eigenvalue weighted by Gasteiger charge is 2.21. The number of hydrogen-bond acceptors (Lipinski definition) is 4. The van der Waals surface area contributed by atoms with Crippen molar-refractivity contribution in [1.29, 1.82) is 0 Å². The highest BCUT2D eigenvalue weighted by Crippen LogP contribution is 2.29. The van der Waals surface area contributed by atoms with Crippen LogP contribution in [0.25, 0.3) is 5.65 Å². The molecular weight excluding hydrogens is 368 g/mol. The number of halogens is 2. The van der Waals surface area contributed by atoms with Gasteiger partial charge in [0, 0.05) is 37.6 Å². The minimum atomic E-state index is -1.11. The van der Waals surface area contributed by atoms with Crippen LogP contribution in [0.5, 0.6) is 5.75 Å². The molecule has 0 saturated carbocycles. The molecule has 1 N–H and O–H groups in total. The molecule has 146 valence electrons. The minimum Gasteiger partial charge on any atom is -0.496 e. The Morgan fingerprint density at radius 3 is 2.82 bits per heavy atom. The van der Waals surface area contributed by atoms with Crippen molar-refractivity contribution in [2.75, 3.05) is 25.6 Å². The van der Waals surface area contributed by atoms with Crippen LogP contribution in [0.15, 0.2) is 36.7 Å². The number of ether oxygens (including phenoxy) is 2. The highest BCUT2D eigenvalue weighted by atomic mass is 19.2. The minimum absolute atomic E-state index is 0.189. The van der Waals surface area contributed by atoms with E-state index in [1.54, 1.807) is 16.7 Å². The summed E-state index contributed by atoms with van der Waals surface area (Å²) in [5.41, 5.74) is 1.53. The monoisotopic (exact) mass is 387 g/mol. The van der Waals surface area contributed by atoms with Gasteiger partial charge in [-0.3, -0.25) is 4.79 Å². The van der Waals surface area contributed by atoms with E-state index in [1.807, 2.05) is 6.20 Å². The van der Waals surface area contributed by atoms with Gasteiger partial charge in [0.25, 0.3) is 5.91 Å². The number of hydrogen-bond donors (Lipinski definition) is 1. The second-order valence-electron chi connectivity index (χ2n) is 6.63. The first-order chi connectivity index (χ1) is 13.6. The van der Waals surface area contributed by atoms with E-state index in [1.165, 1.54) is 19.2 Å². The Balaban J connectivity index is 1.67. The summed E-state index contributed by atoms with van der Waals surface area (Å²) in [7, 11) is 1.44. The Morgan fingerprint density at radius 2 is 2.07 bits per heavy atom. The van der Waals surface area contributed by atoms with E-state index < -0.39 is 17.5 Å². The summed E-state index contributed by atoms with van der Waals surface area (Å²) in [4.78, 5) is 17.3. The van der Waals surface area contributed by atoms with E-state index in [-0.39, 0.29) is 11.3 Å². The third-order valence-electron chi connectivity index (χ3n) is 4.88. The Kier molecular flexibility index (Phi) is 4.95. The number of benzene rings is 1. The van der Waals surface area contributed by atoms with E-state index in [2.05, 4.69) is 10.3 Å². The molecule has 3 heterocycles. The maximum Gasteiger partial charge on any atom is 0.261 e. The molecule has 6 nitrogen and oxygen atoms in total. The van der Waals surface area contributed by atoms with E-state index in [0.717, 1.165) is 24.6 Å². The normalized spacial score (nSPS) is 15.0. The largest absolute Gasteiger partial charge is 0.496 e. The number of carbonyl (C=O) groups excluding carboxylic acids is 1. The smallest absolute Gasteiger partial charge is 0.261 e. The van der Waals surface area contributed by atoms with Gasteiger partial charge in [0.1, 0.15) is 11.4 Å². The van der Waals surface area contributed by atoms with Gasteiger partial charge in [-0.25, -0.2) is 13.8 Å². The highest BCUT2D eigenvalue weighted by molar-refractivity contribution is 6.06. The molecule has 0 radical (unpaired) electrons. The average molecular weight is 387 g/mol. The summed E-state index contributed by atoms with van der Waals surface area (Å²) in [6.07, 6.45) is 5.25. The van der Waals surface area contributed by atoms with Crippen molar-refractivity contribution in [3.8, 4) is 5.75 Å². The number of amides is 1. The number of anilines is 1. The zero-order chi connectivity index (χ0) is 19.7. The molecule has 1 aromatic carbocycles. The third kappa shape index (κ3) is 3.43. The molecule has 8 heteroatoms. The molecule has 3 aromatic rings. The summed E-state index contributed by atoms with van der Waals surface area (Å²) in [5.74, 6) is -2.15. The van der Waals surface area contributed by atoms with Gasteiger partial charge in [-0.2, -0.15) is 0 Å². The number of pyridine rings is 1. The lowest BCUT2D eigenvalue weighted by molar-refractivity contribution is 0.0846. The number of nitrogens with one attached hydrogen (secondary N) is 1. The van der Waals surface area contributed by atoms with Gasteiger partial charge in [0.2, 0.25) is 0 Å². The van der Waals surface area contributed by atoms with Gasteiger partial charge in [-0.15, -0.1) is 0 Å². The van der Waals surface area contributed by atoms with Gasteiger partial charge in [0.15, 0.2) is 11.6 Å². The number of nitrogens with zero attached hydrogens (tertiary/aromatic N) is 2. The molecular formula is C20H19F2N3O3. The molecule has 0 unspecified atom stereocenters. The Hall–Kier alpha value is -3.00. The van der Waals surface area contributed by atoms with Gasteiger partial charge in [0.05, 0.1) is 24.1 Å². The van der Waals surface area contributed by atoms with Crippen LogP contribution in [0.4, 0.5) is 14.5 Å². The fourth-order valence-electron chi connectivity index (χ4n) is 3.35. The van der Waals surface area contributed by atoms with Gasteiger partial charge in [-0.05, 0) is 25.0 Å². The lowest BCUT2D eigenvalue weighted by Crippen LogP contribution is -2.15. The Labute approximate surface area is 160 Å². The summed E-state index contributed by atoms with van der Waals surface area (Å²) in [6, 6.07) is 5.26. The first kappa shape index (κ1) is 18.4. The van der Waals surface area contributed by atoms with E-state index in [4.69, 9.17) is 9.47 Å². The van der Waals surface area contributed by atoms with Gasteiger partial charge < -0.3 is 19.2 Å².